The largest absolute Gasteiger partial charge is 0.416 e. The normalized spacial score (nSPS) is 17.2. The van der Waals surface area contributed by atoms with Crippen molar-refractivity contribution in [2.75, 3.05) is 13.1 Å². The van der Waals surface area contributed by atoms with Gasteiger partial charge in [-0.2, -0.15) is 13.2 Å². The molecule has 0 N–H and O–H groups in total. The Hall–Kier alpha value is -1.82. The van der Waals surface area contributed by atoms with Crippen LogP contribution in [-0.4, -0.2) is 27.5 Å². The van der Waals surface area contributed by atoms with Gasteiger partial charge < -0.3 is 4.57 Å². The fraction of sp³-hybridized carbons (Fsp3) is 0.550. The predicted molar refractivity (Wildman–Crippen MR) is 95.8 cm³/mol. The van der Waals surface area contributed by atoms with Crippen molar-refractivity contribution in [2.24, 2.45) is 5.92 Å². The minimum absolute atomic E-state index is 0.408. The van der Waals surface area contributed by atoms with Crippen LogP contribution in [0.15, 0.2) is 36.7 Å². The first-order valence-electron chi connectivity index (χ1n) is 9.22. The summed E-state index contributed by atoms with van der Waals surface area (Å²) in [4.78, 5) is 6.69. The molecule has 0 aliphatic carbocycles. The van der Waals surface area contributed by atoms with Crippen LogP contribution in [0.4, 0.5) is 13.2 Å². The summed E-state index contributed by atoms with van der Waals surface area (Å²) in [5.74, 6) is 2.13. The lowest BCUT2D eigenvalue weighted by Gasteiger charge is -2.32. The highest BCUT2D eigenvalue weighted by molar-refractivity contribution is 5.25. The van der Waals surface area contributed by atoms with E-state index in [-0.39, 0.29) is 0 Å². The number of halogens is 3. The van der Waals surface area contributed by atoms with Crippen LogP contribution in [0.3, 0.4) is 0 Å². The van der Waals surface area contributed by atoms with Gasteiger partial charge in [-0.25, -0.2) is 4.98 Å². The first kappa shape index (κ1) is 19.0. The van der Waals surface area contributed by atoms with Crippen molar-refractivity contribution < 1.29 is 13.2 Å². The number of hydrogen-bond donors (Lipinski definition) is 0. The fourth-order valence-electron chi connectivity index (χ4n) is 3.69. The second-order valence-electron chi connectivity index (χ2n) is 7.51. The van der Waals surface area contributed by atoms with Gasteiger partial charge >= 0.3 is 6.18 Å². The third-order valence-electron chi connectivity index (χ3n) is 5.09. The monoisotopic (exact) mass is 365 g/mol. The van der Waals surface area contributed by atoms with Gasteiger partial charge in [0.15, 0.2) is 0 Å². The maximum atomic E-state index is 12.8. The van der Waals surface area contributed by atoms with Crippen LogP contribution < -0.4 is 0 Å². The topological polar surface area (TPSA) is 21.1 Å². The van der Waals surface area contributed by atoms with Crippen LogP contribution >= 0.6 is 0 Å². The van der Waals surface area contributed by atoms with Gasteiger partial charge in [-0.05, 0) is 43.5 Å². The Bertz CT molecular complexity index is 713. The standard InChI is InChI=1S/C20H26F3N3/c1-15(2)19-24-8-11-26(19)14-16-6-9-25(10-7-16)13-17-4-3-5-18(12-17)20(21,22)23/h3-5,8,11-12,15-16H,6-7,9-10,13-14H2,1-2H3. The summed E-state index contributed by atoms with van der Waals surface area (Å²) >= 11 is 0. The van der Waals surface area contributed by atoms with Gasteiger partial charge in [-0.15, -0.1) is 0 Å². The lowest BCUT2D eigenvalue weighted by molar-refractivity contribution is -0.137. The highest BCUT2D eigenvalue weighted by atomic mass is 19.4. The molecule has 1 aliphatic heterocycles. The zero-order valence-corrected chi connectivity index (χ0v) is 15.3. The Labute approximate surface area is 152 Å². The summed E-state index contributed by atoms with van der Waals surface area (Å²) < 4.78 is 40.8. The molecule has 1 aliphatic rings. The van der Waals surface area contributed by atoms with Gasteiger partial charge in [0.05, 0.1) is 5.56 Å². The zero-order valence-electron chi connectivity index (χ0n) is 15.3. The number of likely N-dealkylation sites (tertiary alicyclic amines) is 1. The highest BCUT2D eigenvalue weighted by Crippen LogP contribution is 2.30. The summed E-state index contributed by atoms with van der Waals surface area (Å²) in [6.07, 6.45) is 1.76. The zero-order chi connectivity index (χ0) is 18.7. The Morgan fingerprint density at radius 1 is 1.19 bits per heavy atom. The molecule has 26 heavy (non-hydrogen) atoms. The third-order valence-corrected chi connectivity index (χ3v) is 5.09. The number of piperidine rings is 1. The average molecular weight is 365 g/mol. The summed E-state index contributed by atoms with van der Waals surface area (Å²) in [7, 11) is 0. The van der Waals surface area contributed by atoms with E-state index in [1.165, 1.54) is 12.1 Å². The summed E-state index contributed by atoms with van der Waals surface area (Å²) in [5, 5.41) is 0. The van der Waals surface area contributed by atoms with E-state index in [4.69, 9.17) is 0 Å². The van der Waals surface area contributed by atoms with Gasteiger partial charge in [0, 0.05) is 31.4 Å². The smallest absolute Gasteiger partial charge is 0.334 e. The molecule has 2 aromatic rings. The Morgan fingerprint density at radius 2 is 1.92 bits per heavy atom. The molecule has 0 unspecified atom stereocenters. The number of nitrogens with zero attached hydrogens (tertiary/aromatic N) is 3. The molecule has 1 aromatic heterocycles. The molecular weight excluding hydrogens is 339 g/mol. The van der Waals surface area contributed by atoms with E-state index in [1.54, 1.807) is 6.07 Å². The summed E-state index contributed by atoms with van der Waals surface area (Å²) in [6.45, 7) is 7.70. The molecule has 142 valence electrons. The number of alkyl halides is 3. The summed E-state index contributed by atoms with van der Waals surface area (Å²) in [6, 6.07) is 5.68. The molecule has 6 heteroatoms. The molecule has 0 bridgehead atoms. The molecular formula is C20H26F3N3. The van der Waals surface area contributed by atoms with Crippen LogP contribution in [-0.2, 0) is 19.3 Å². The predicted octanol–water partition coefficient (Wildman–Crippen LogP) is 4.94. The SMILES string of the molecule is CC(C)c1nccn1CC1CCN(Cc2cccc(C(F)(F)F)c2)CC1. The molecule has 2 heterocycles. The fourth-order valence-corrected chi connectivity index (χ4v) is 3.69. The van der Waals surface area contributed by atoms with E-state index in [9.17, 15) is 13.2 Å². The first-order chi connectivity index (χ1) is 12.3. The quantitative estimate of drug-likeness (QED) is 0.748. The summed E-state index contributed by atoms with van der Waals surface area (Å²) in [5.41, 5.74) is 0.168. The van der Waals surface area contributed by atoms with E-state index >= 15 is 0 Å². The van der Waals surface area contributed by atoms with E-state index in [1.807, 2.05) is 12.4 Å². The molecule has 1 fully saturated rings. The van der Waals surface area contributed by atoms with Gasteiger partial charge in [-0.3, -0.25) is 4.90 Å². The van der Waals surface area contributed by atoms with Crippen molar-refractivity contribution in [2.45, 2.75) is 51.9 Å². The van der Waals surface area contributed by atoms with E-state index in [0.717, 1.165) is 49.9 Å². The Balaban J connectivity index is 1.53. The van der Waals surface area contributed by atoms with Gasteiger partial charge in [0.2, 0.25) is 0 Å². The molecule has 0 radical (unpaired) electrons. The number of imidazole rings is 1. The maximum absolute atomic E-state index is 12.8. The third kappa shape index (κ3) is 4.67. The molecule has 3 rings (SSSR count). The molecule has 0 amide bonds. The van der Waals surface area contributed by atoms with Crippen molar-refractivity contribution in [1.29, 1.82) is 0 Å². The van der Waals surface area contributed by atoms with Gasteiger partial charge in [0.1, 0.15) is 5.82 Å². The number of rotatable bonds is 5. The van der Waals surface area contributed by atoms with Crippen LogP contribution in [0.5, 0.6) is 0 Å². The number of aromatic nitrogens is 2. The van der Waals surface area contributed by atoms with Crippen molar-refractivity contribution in [3.63, 3.8) is 0 Å². The minimum atomic E-state index is -4.28. The lowest BCUT2D eigenvalue weighted by Crippen LogP contribution is -2.34. The highest BCUT2D eigenvalue weighted by Gasteiger charge is 2.30. The van der Waals surface area contributed by atoms with Gasteiger partial charge in [-0.1, -0.05) is 32.0 Å². The van der Waals surface area contributed by atoms with Crippen LogP contribution in [0, 0.1) is 5.92 Å². The lowest BCUT2D eigenvalue weighted by atomic mass is 9.96. The Morgan fingerprint density at radius 3 is 2.58 bits per heavy atom. The molecule has 3 nitrogen and oxygen atoms in total. The average Bonchev–Trinajstić information content (AvgIpc) is 3.05. The van der Waals surface area contributed by atoms with E-state index in [0.29, 0.717) is 18.4 Å². The molecule has 0 spiro atoms. The van der Waals surface area contributed by atoms with Crippen LogP contribution in [0.25, 0.3) is 0 Å². The second kappa shape index (κ2) is 7.82. The number of benzene rings is 1. The van der Waals surface area contributed by atoms with E-state index < -0.39 is 11.7 Å². The van der Waals surface area contributed by atoms with Crippen molar-refractivity contribution in [3.05, 3.63) is 53.6 Å². The molecule has 1 saturated heterocycles. The molecule has 0 saturated carbocycles. The maximum Gasteiger partial charge on any atom is 0.416 e. The molecule has 0 atom stereocenters. The Kier molecular flexibility index (Phi) is 5.70. The van der Waals surface area contributed by atoms with Crippen molar-refractivity contribution in [3.8, 4) is 0 Å². The molecule has 1 aromatic carbocycles. The van der Waals surface area contributed by atoms with Crippen molar-refractivity contribution in [1.82, 2.24) is 14.5 Å². The van der Waals surface area contributed by atoms with Crippen LogP contribution in [0.1, 0.15) is 49.6 Å². The van der Waals surface area contributed by atoms with Gasteiger partial charge in [0.25, 0.3) is 0 Å². The second-order valence-corrected chi connectivity index (χ2v) is 7.51. The van der Waals surface area contributed by atoms with Crippen molar-refractivity contribution >= 4 is 0 Å². The minimum Gasteiger partial charge on any atom is -0.334 e. The van der Waals surface area contributed by atoms with E-state index in [2.05, 4.69) is 28.3 Å². The first-order valence-corrected chi connectivity index (χ1v) is 9.22. The number of hydrogen-bond acceptors (Lipinski definition) is 2. The van der Waals surface area contributed by atoms with Crippen LogP contribution in [0.2, 0.25) is 0 Å².